The summed E-state index contributed by atoms with van der Waals surface area (Å²) < 4.78 is 5.38. The van der Waals surface area contributed by atoms with Crippen molar-refractivity contribution >= 4 is 22.6 Å². The Kier molecular flexibility index (Phi) is 8.74. The Hall–Kier alpha value is -3.91. The summed E-state index contributed by atoms with van der Waals surface area (Å²) in [6.07, 6.45) is 5.42. The first kappa shape index (κ1) is 26.2. The first-order valence-corrected chi connectivity index (χ1v) is 12.7. The highest BCUT2D eigenvalue weighted by Crippen LogP contribution is 2.28. The molecule has 0 aliphatic carbocycles. The summed E-state index contributed by atoms with van der Waals surface area (Å²) in [5.74, 6) is 1.21. The predicted molar refractivity (Wildman–Crippen MR) is 143 cm³/mol. The fraction of sp³-hybridized carbons (Fsp3) is 0.345. The molecule has 8 nitrogen and oxygen atoms in total. The minimum absolute atomic E-state index is 0.0926. The van der Waals surface area contributed by atoms with Crippen molar-refractivity contribution in [2.24, 2.45) is 0 Å². The molecular weight excluding hydrogens is 468 g/mol. The number of hydrogen-bond donors (Lipinski definition) is 4. The van der Waals surface area contributed by atoms with Gasteiger partial charge in [0.25, 0.3) is 0 Å². The average molecular weight is 503 g/mol. The molecule has 2 aromatic carbocycles. The van der Waals surface area contributed by atoms with Crippen molar-refractivity contribution in [3.8, 4) is 17.0 Å². The lowest BCUT2D eigenvalue weighted by Gasteiger charge is -2.17. The molecule has 0 bridgehead atoms. The molecule has 4 N–H and O–H groups in total. The van der Waals surface area contributed by atoms with Crippen molar-refractivity contribution in [2.75, 3.05) is 13.7 Å². The molecule has 0 radical (unpaired) electrons. The quantitative estimate of drug-likeness (QED) is 0.196. The van der Waals surface area contributed by atoms with Crippen LogP contribution in [0, 0.1) is 6.92 Å². The summed E-state index contributed by atoms with van der Waals surface area (Å²) in [6.45, 7) is 1.56. The molecule has 0 aliphatic heterocycles. The second-order valence-corrected chi connectivity index (χ2v) is 9.28. The van der Waals surface area contributed by atoms with Crippen molar-refractivity contribution in [2.45, 2.75) is 51.5 Å². The first-order valence-electron chi connectivity index (χ1n) is 12.7. The topological polar surface area (TPSA) is 120 Å². The number of imidazole rings is 1. The zero-order valence-electron chi connectivity index (χ0n) is 21.3. The molecule has 2 aromatic heterocycles. The van der Waals surface area contributed by atoms with E-state index in [4.69, 9.17) is 9.84 Å². The number of aromatic nitrogens is 3. The minimum atomic E-state index is -0.410. The Balaban J connectivity index is 1.48. The number of aryl methyl sites for hydroxylation is 1. The number of benzene rings is 2. The maximum Gasteiger partial charge on any atom is 0.225 e. The standard InChI is InChI=1S/C29H34N4O4/c1-19-23(24-15-22(37-2)13-14-25(24)31-19)16-28(36)32-26(12-8-4-7-11-21(35)18-34)29-30-17-27(33-29)20-9-5-3-6-10-20/h3,5-6,9-10,13-15,17,26,31,34H,4,7-8,11-12,16,18H2,1-2H3,(H,30,33)(H,32,36)/t26-/m0/s1. The van der Waals surface area contributed by atoms with Crippen molar-refractivity contribution in [3.63, 3.8) is 0 Å². The van der Waals surface area contributed by atoms with Crippen LogP contribution in [-0.2, 0) is 16.0 Å². The van der Waals surface area contributed by atoms with Gasteiger partial charge in [-0.2, -0.15) is 0 Å². The van der Waals surface area contributed by atoms with E-state index >= 15 is 0 Å². The second kappa shape index (κ2) is 12.4. The zero-order chi connectivity index (χ0) is 26.2. The van der Waals surface area contributed by atoms with Gasteiger partial charge in [-0.25, -0.2) is 4.98 Å². The lowest BCUT2D eigenvalue weighted by Crippen LogP contribution is -2.30. The Labute approximate surface area is 216 Å². The van der Waals surface area contributed by atoms with Crippen molar-refractivity contribution < 1.29 is 19.4 Å². The molecule has 37 heavy (non-hydrogen) atoms. The first-order chi connectivity index (χ1) is 18.0. The molecule has 4 aromatic rings. The van der Waals surface area contributed by atoms with Crippen LogP contribution in [0.25, 0.3) is 22.2 Å². The maximum absolute atomic E-state index is 13.3. The number of ketones is 1. The van der Waals surface area contributed by atoms with Gasteiger partial charge >= 0.3 is 0 Å². The summed E-state index contributed by atoms with van der Waals surface area (Å²) in [5.41, 5.74) is 4.78. The predicted octanol–water partition coefficient (Wildman–Crippen LogP) is 4.79. The van der Waals surface area contributed by atoms with Gasteiger partial charge < -0.3 is 25.1 Å². The van der Waals surface area contributed by atoms with E-state index in [1.54, 1.807) is 13.3 Å². The summed E-state index contributed by atoms with van der Waals surface area (Å²) in [7, 11) is 1.63. The minimum Gasteiger partial charge on any atom is -0.497 e. The van der Waals surface area contributed by atoms with Gasteiger partial charge in [0.1, 0.15) is 18.2 Å². The van der Waals surface area contributed by atoms with Crippen LogP contribution >= 0.6 is 0 Å². The Morgan fingerprint density at radius 3 is 2.65 bits per heavy atom. The normalized spacial score (nSPS) is 12.0. The van der Waals surface area contributed by atoms with Crippen LogP contribution in [0.3, 0.4) is 0 Å². The van der Waals surface area contributed by atoms with E-state index in [1.807, 2.05) is 55.5 Å². The molecule has 8 heteroatoms. The van der Waals surface area contributed by atoms with Crippen molar-refractivity contribution in [3.05, 3.63) is 71.8 Å². The number of unbranched alkanes of at least 4 members (excludes halogenated alkanes) is 2. The lowest BCUT2D eigenvalue weighted by atomic mass is 10.0. The third kappa shape index (κ3) is 6.65. The monoisotopic (exact) mass is 502 g/mol. The number of aromatic amines is 2. The molecule has 0 unspecified atom stereocenters. The maximum atomic E-state index is 13.3. The third-order valence-corrected chi connectivity index (χ3v) is 6.63. The van der Waals surface area contributed by atoms with Crippen LogP contribution < -0.4 is 10.1 Å². The Bertz CT molecular complexity index is 1340. The Morgan fingerprint density at radius 2 is 1.89 bits per heavy atom. The molecule has 0 spiro atoms. The Morgan fingerprint density at radius 1 is 1.08 bits per heavy atom. The van der Waals surface area contributed by atoms with E-state index < -0.39 is 6.61 Å². The number of H-pyrrole nitrogens is 2. The molecule has 0 saturated carbocycles. The number of nitrogens with zero attached hydrogens (tertiary/aromatic N) is 1. The fourth-order valence-corrected chi connectivity index (χ4v) is 4.60. The number of methoxy groups -OCH3 is 1. The number of carbonyl (C=O) groups is 2. The molecule has 0 fully saturated rings. The number of rotatable bonds is 13. The highest BCUT2D eigenvalue weighted by Gasteiger charge is 2.20. The van der Waals surface area contributed by atoms with Gasteiger partial charge in [0.05, 0.1) is 31.5 Å². The van der Waals surface area contributed by atoms with Crippen LogP contribution in [0.1, 0.15) is 55.2 Å². The lowest BCUT2D eigenvalue weighted by molar-refractivity contribution is -0.122. The summed E-state index contributed by atoms with van der Waals surface area (Å²) in [5, 5.41) is 13.1. The number of Topliss-reactive ketones (excluding diaryl/α,β-unsaturated/α-hetero) is 1. The van der Waals surface area contributed by atoms with E-state index in [0.29, 0.717) is 25.1 Å². The van der Waals surface area contributed by atoms with Gasteiger partial charge in [-0.15, -0.1) is 0 Å². The van der Waals surface area contributed by atoms with Gasteiger partial charge in [-0.1, -0.05) is 43.2 Å². The molecule has 194 valence electrons. The molecule has 4 rings (SSSR count). The number of carbonyl (C=O) groups excluding carboxylic acids is 2. The van der Waals surface area contributed by atoms with Gasteiger partial charge in [-0.05, 0) is 49.1 Å². The number of nitrogens with one attached hydrogen (secondary N) is 3. The zero-order valence-corrected chi connectivity index (χ0v) is 21.3. The molecule has 1 atom stereocenters. The number of ether oxygens (including phenoxy) is 1. The highest BCUT2D eigenvalue weighted by molar-refractivity contribution is 5.91. The van der Waals surface area contributed by atoms with Crippen LogP contribution in [0.4, 0.5) is 0 Å². The van der Waals surface area contributed by atoms with Gasteiger partial charge in [0, 0.05) is 23.0 Å². The van der Waals surface area contributed by atoms with Crippen LogP contribution in [0.15, 0.2) is 54.7 Å². The number of aliphatic hydroxyl groups excluding tert-OH is 1. The van der Waals surface area contributed by atoms with E-state index in [0.717, 1.165) is 52.0 Å². The number of aliphatic hydroxyl groups is 1. The SMILES string of the molecule is COc1ccc2[nH]c(C)c(CC(=O)N[C@@H](CCCCCC(=O)CO)c3ncc(-c4ccccc4)[nH]3)c2c1. The van der Waals surface area contributed by atoms with E-state index in [2.05, 4.69) is 20.3 Å². The van der Waals surface area contributed by atoms with Crippen LogP contribution in [0.5, 0.6) is 5.75 Å². The number of amides is 1. The fourth-order valence-electron chi connectivity index (χ4n) is 4.60. The van der Waals surface area contributed by atoms with E-state index in [1.165, 1.54) is 0 Å². The van der Waals surface area contributed by atoms with Crippen LogP contribution in [0.2, 0.25) is 0 Å². The summed E-state index contributed by atoms with van der Waals surface area (Å²) >= 11 is 0. The number of fused-ring (bicyclic) bond motifs is 1. The molecule has 0 saturated heterocycles. The molecule has 1 amide bonds. The molecule has 2 heterocycles. The van der Waals surface area contributed by atoms with E-state index in [9.17, 15) is 9.59 Å². The number of hydrogen-bond acceptors (Lipinski definition) is 5. The third-order valence-electron chi connectivity index (χ3n) is 6.63. The molecular formula is C29H34N4O4. The second-order valence-electron chi connectivity index (χ2n) is 9.28. The average Bonchev–Trinajstić information content (AvgIpc) is 3.53. The van der Waals surface area contributed by atoms with Gasteiger partial charge in [0.2, 0.25) is 5.91 Å². The van der Waals surface area contributed by atoms with Crippen molar-refractivity contribution in [1.29, 1.82) is 0 Å². The highest BCUT2D eigenvalue weighted by atomic mass is 16.5. The smallest absolute Gasteiger partial charge is 0.225 e. The summed E-state index contributed by atoms with van der Waals surface area (Å²) in [6, 6.07) is 15.4. The van der Waals surface area contributed by atoms with E-state index in [-0.39, 0.29) is 24.2 Å². The van der Waals surface area contributed by atoms with Crippen LogP contribution in [-0.4, -0.2) is 45.5 Å². The van der Waals surface area contributed by atoms with Gasteiger partial charge in [-0.3, -0.25) is 9.59 Å². The summed E-state index contributed by atoms with van der Waals surface area (Å²) in [4.78, 5) is 36.0. The van der Waals surface area contributed by atoms with Crippen molar-refractivity contribution in [1.82, 2.24) is 20.3 Å². The van der Waals surface area contributed by atoms with Gasteiger partial charge in [0.15, 0.2) is 5.78 Å². The molecule has 0 aliphatic rings. The largest absolute Gasteiger partial charge is 0.497 e.